The fraction of sp³-hybridized carbons (Fsp3) is 0.312. The van der Waals surface area contributed by atoms with Gasteiger partial charge in [0.1, 0.15) is 5.25 Å². The van der Waals surface area contributed by atoms with Gasteiger partial charge in [0.25, 0.3) is 0 Å². The van der Waals surface area contributed by atoms with Crippen LogP contribution in [0.25, 0.3) is 0 Å². The van der Waals surface area contributed by atoms with Gasteiger partial charge in [-0.1, -0.05) is 36.4 Å². The molecule has 2 aromatic rings. The van der Waals surface area contributed by atoms with E-state index in [9.17, 15) is 9.00 Å². The summed E-state index contributed by atoms with van der Waals surface area (Å²) in [5.74, 6) is -0.0714. The van der Waals surface area contributed by atoms with E-state index in [-0.39, 0.29) is 5.91 Å². The Balaban J connectivity index is 2.40. The highest BCUT2D eigenvalue weighted by molar-refractivity contribution is 7.88. The van der Waals surface area contributed by atoms with E-state index in [1.54, 1.807) is 4.90 Å². The van der Waals surface area contributed by atoms with Crippen molar-refractivity contribution in [1.29, 1.82) is 0 Å². The van der Waals surface area contributed by atoms with E-state index >= 15 is 0 Å². The first-order chi connectivity index (χ1) is 10.2. The summed E-state index contributed by atoms with van der Waals surface area (Å²) in [5.41, 5.74) is 0.807. The number of rotatable bonds is 6. The zero-order valence-corrected chi connectivity index (χ0v) is 13.8. The minimum Gasteiger partial charge on any atom is -0.342 e. The van der Waals surface area contributed by atoms with Gasteiger partial charge in [-0.3, -0.25) is 9.00 Å². The van der Waals surface area contributed by atoms with Crippen LogP contribution in [0.5, 0.6) is 0 Å². The lowest BCUT2D eigenvalue weighted by atomic mass is 10.1. The lowest BCUT2D eigenvalue weighted by Gasteiger charge is -2.24. The van der Waals surface area contributed by atoms with Crippen molar-refractivity contribution in [1.82, 2.24) is 4.90 Å². The number of likely N-dealkylation sites (N-methyl/N-ethyl adjacent to an activating group) is 1. The predicted octanol–water partition coefficient (Wildman–Crippen LogP) is 3.47. The molecule has 0 bridgehead atoms. The molecule has 5 heteroatoms. The highest BCUT2D eigenvalue weighted by Gasteiger charge is 2.31. The zero-order valence-electron chi connectivity index (χ0n) is 12.2. The quantitative estimate of drug-likeness (QED) is 0.817. The largest absolute Gasteiger partial charge is 0.342 e. The van der Waals surface area contributed by atoms with Crippen molar-refractivity contribution in [2.75, 3.05) is 13.1 Å². The number of nitrogens with zero attached hydrogens (tertiary/aromatic N) is 1. The molecule has 3 nitrogen and oxygen atoms in total. The van der Waals surface area contributed by atoms with Gasteiger partial charge in [0.2, 0.25) is 5.91 Å². The van der Waals surface area contributed by atoms with E-state index in [4.69, 9.17) is 0 Å². The van der Waals surface area contributed by atoms with E-state index in [2.05, 4.69) is 0 Å². The van der Waals surface area contributed by atoms with Crippen LogP contribution < -0.4 is 0 Å². The Hall–Kier alpha value is -1.46. The van der Waals surface area contributed by atoms with Crippen molar-refractivity contribution in [3.63, 3.8) is 0 Å². The number of hydrogen-bond donors (Lipinski definition) is 0. The van der Waals surface area contributed by atoms with E-state index in [0.717, 1.165) is 9.77 Å². The summed E-state index contributed by atoms with van der Waals surface area (Å²) in [6.45, 7) is 5.13. The normalized spacial score (nSPS) is 13.6. The summed E-state index contributed by atoms with van der Waals surface area (Å²) < 4.78 is 13.6. The van der Waals surface area contributed by atoms with Crippen LogP contribution in [0.2, 0.25) is 0 Å². The third-order valence-corrected chi connectivity index (χ3v) is 6.19. The molecule has 0 spiro atoms. The van der Waals surface area contributed by atoms with Gasteiger partial charge in [0.15, 0.2) is 0 Å². The maximum Gasteiger partial charge on any atom is 0.243 e. The van der Waals surface area contributed by atoms with E-state index in [1.165, 1.54) is 11.3 Å². The first-order valence-electron chi connectivity index (χ1n) is 6.96. The van der Waals surface area contributed by atoms with Crippen molar-refractivity contribution >= 4 is 28.0 Å². The molecule has 21 heavy (non-hydrogen) atoms. The SMILES string of the molecule is CCN(CC)C(=O)[C@@H](c1ccccc1)[S@](=O)c1cccs1. The van der Waals surface area contributed by atoms with Gasteiger partial charge in [0.05, 0.1) is 15.0 Å². The number of carbonyl (C=O) groups is 1. The molecule has 0 aliphatic carbocycles. The molecule has 0 saturated carbocycles. The topological polar surface area (TPSA) is 37.4 Å². The van der Waals surface area contributed by atoms with Crippen molar-refractivity contribution in [3.8, 4) is 0 Å². The molecule has 0 N–H and O–H groups in total. The van der Waals surface area contributed by atoms with Crippen LogP contribution in [0.15, 0.2) is 52.1 Å². The van der Waals surface area contributed by atoms with Gasteiger partial charge in [-0.25, -0.2) is 0 Å². The van der Waals surface area contributed by atoms with Crippen LogP contribution in [0, 0.1) is 0 Å². The summed E-state index contributed by atoms with van der Waals surface area (Å²) in [7, 11) is -1.37. The van der Waals surface area contributed by atoms with Gasteiger partial charge < -0.3 is 4.90 Å². The van der Waals surface area contributed by atoms with Gasteiger partial charge >= 0.3 is 0 Å². The molecule has 1 aromatic carbocycles. The molecule has 2 atom stereocenters. The Morgan fingerprint density at radius 2 is 1.81 bits per heavy atom. The van der Waals surface area contributed by atoms with Gasteiger partial charge in [0, 0.05) is 13.1 Å². The number of benzene rings is 1. The van der Waals surface area contributed by atoms with Crippen molar-refractivity contribution < 1.29 is 9.00 Å². The third-order valence-electron chi connectivity index (χ3n) is 3.31. The maximum absolute atomic E-state index is 12.9. The molecule has 1 heterocycles. The highest BCUT2D eigenvalue weighted by atomic mass is 32.2. The molecule has 112 valence electrons. The molecule has 0 unspecified atom stereocenters. The Kier molecular flexibility index (Phi) is 5.70. The first kappa shape index (κ1) is 15.9. The minimum absolute atomic E-state index is 0.0714. The van der Waals surface area contributed by atoms with Gasteiger partial charge in [-0.05, 0) is 30.9 Å². The average molecular weight is 321 g/mol. The third kappa shape index (κ3) is 3.60. The van der Waals surface area contributed by atoms with Gasteiger partial charge in [-0.2, -0.15) is 0 Å². The summed E-state index contributed by atoms with van der Waals surface area (Å²) in [5, 5.41) is 1.25. The summed E-state index contributed by atoms with van der Waals surface area (Å²) in [6.07, 6.45) is 0. The molecule has 0 aliphatic rings. The summed E-state index contributed by atoms with van der Waals surface area (Å²) >= 11 is 1.43. The fourth-order valence-corrected chi connectivity index (χ4v) is 4.65. The number of hydrogen-bond acceptors (Lipinski definition) is 3. The Bertz CT molecular complexity index is 592. The number of amides is 1. The first-order valence-corrected chi connectivity index (χ1v) is 9.06. The second-order valence-electron chi connectivity index (χ2n) is 4.53. The molecular weight excluding hydrogens is 302 g/mol. The van der Waals surface area contributed by atoms with Crippen molar-refractivity contribution in [2.24, 2.45) is 0 Å². The van der Waals surface area contributed by atoms with E-state index in [0.29, 0.717) is 13.1 Å². The smallest absolute Gasteiger partial charge is 0.243 e. The van der Waals surface area contributed by atoms with Crippen molar-refractivity contribution in [2.45, 2.75) is 23.3 Å². The van der Waals surface area contributed by atoms with Crippen LogP contribution >= 0.6 is 11.3 Å². The maximum atomic E-state index is 12.9. The molecular formula is C16H19NO2S2. The molecule has 0 fully saturated rings. The molecule has 0 aliphatic heterocycles. The summed E-state index contributed by atoms with van der Waals surface area (Å²) in [4.78, 5) is 14.5. The Labute approximate surface area is 132 Å². The van der Waals surface area contributed by atoms with Crippen molar-refractivity contribution in [3.05, 3.63) is 53.4 Å². The van der Waals surface area contributed by atoms with Crippen LogP contribution in [0.3, 0.4) is 0 Å². The van der Waals surface area contributed by atoms with Crippen LogP contribution in [0.1, 0.15) is 24.7 Å². The fourth-order valence-electron chi connectivity index (χ4n) is 2.18. The number of carbonyl (C=O) groups excluding carboxylic acids is 1. The standard InChI is InChI=1S/C16H19NO2S2/c1-3-17(4-2)16(18)15(13-9-6-5-7-10-13)21(19)14-11-8-12-20-14/h5-12,15H,3-4H2,1-2H3/t15-,21-/m1/s1. The average Bonchev–Trinajstić information content (AvgIpc) is 3.04. The second kappa shape index (κ2) is 7.52. The molecule has 0 radical (unpaired) electrons. The number of thiophene rings is 1. The predicted molar refractivity (Wildman–Crippen MR) is 87.8 cm³/mol. The highest BCUT2D eigenvalue weighted by Crippen LogP contribution is 2.29. The van der Waals surface area contributed by atoms with Crippen LogP contribution in [-0.2, 0) is 15.6 Å². The summed E-state index contributed by atoms with van der Waals surface area (Å²) in [6, 6.07) is 13.1. The Morgan fingerprint density at radius 1 is 1.14 bits per heavy atom. The lowest BCUT2D eigenvalue weighted by molar-refractivity contribution is -0.130. The minimum atomic E-state index is -1.37. The Morgan fingerprint density at radius 3 is 2.33 bits per heavy atom. The van der Waals surface area contributed by atoms with E-state index < -0.39 is 16.0 Å². The monoisotopic (exact) mass is 321 g/mol. The van der Waals surface area contributed by atoms with E-state index in [1.807, 2.05) is 61.7 Å². The van der Waals surface area contributed by atoms with Crippen LogP contribution in [-0.4, -0.2) is 28.1 Å². The zero-order chi connectivity index (χ0) is 15.2. The van der Waals surface area contributed by atoms with Crippen LogP contribution in [0.4, 0.5) is 0 Å². The lowest BCUT2D eigenvalue weighted by Crippen LogP contribution is -2.36. The molecule has 2 rings (SSSR count). The molecule has 0 saturated heterocycles. The van der Waals surface area contributed by atoms with Gasteiger partial charge in [-0.15, -0.1) is 11.3 Å². The second-order valence-corrected chi connectivity index (χ2v) is 7.24. The molecule has 1 aromatic heterocycles. The molecule has 1 amide bonds.